The predicted octanol–water partition coefficient (Wildman–Crippen LogP) is -2.34. The molecule has 0 aromatic heterocycles. The average molecular weight is 577 g/mol. The van der Waals surface area contributed by atoms with E-state index in [4.69, 9.17) is 4.74 Å². The molecule has 2 aliphatic rings. The molecule has 0 radical (unpaired) electrons. The molecule has 15 heteroatoms. The van der Waals surface area contributed by atoms with E-state index >= 15 is 0 Å². The zero-order valence-corrected chi connectivity index (χ0v) is 22.9. The number of carbonyl (C=O) groups excluding carboxylic acids is 8. The van der Waals surface area contributed by atoms with Crippen molar-refractivity contribution in [2.24, 2.45) is 0 Å². The van der Waals surface area contributed by atoms with Gasteiger partial charge in [-0.15, -0.1) is 0 Å². The van der Waals surface area contributed by atoms with Crippen molar-refractivity contribution in [2.45, 2.75) is 44.6 Å². The van der Waals surface area contributed by atoms with E-state index in [0.717, 1.165) is 34.1 Å². The van der Waals surface area contributed by atoms with Gasteiger partial charge >= 0.3 is 0 Å². The summed E-state index contributed by atoms with van der Waals surface area (Å²) in [4.78, 5) is 96.9. The van der Waals surface area contributed by atoms with Crippen LogP contribution in [0.15, 0.2) is 24.3 Å². The molecule has 0 aromatic carbocycles. The van der Waals surface area contributed by atoms with Crippen molar-refractivity contribution < 1.29 is 43.1 Å². The quantitative estimate of drug-likeness (QED) is 0.0960. The van der Waals surface area contributed by atoms with Crippen molar-refractivity contribution in [3.8, 4) is 0 Å². The molecule has 2 rings (SSSR count). The molecule has 2 aliphatic heterocycles. The Morgan fingerprint density at radius 2 is 1.27 bits per heavy atom. The van der Waals surface area contributed by atoms with Crippen molar-refractivity contribution in [1.29, 1.82) is 0 Å². The Bertz CT molecular complexity index is 1050. The van der Waals surface area contributed by atoms with Crippen LogP contribution >= 0.6 is 0 Å². The van der Waals surface area contributed by atoms with Gasteiger partial charge in [-0.05, 0) is 19.3 Å². The first-order chi connectivity index (χ1) is 19.6. The second-order valence-electron chi connectivity index (χ2n) is 9.12. The molecule has 0 aliphatic carbocycles. The van der Waals surface area contributed by atoms with Crippen molar-refractivity contribution >= 4 is 47.3 Å². The molecule has 0 saturated carbocycles. The first-order valence-electron chi connectivity index (χ1n) is 13.3. The van der Waals surface area contributed by atoms with Crippen LogP contribution in [0.25, 0.3) is 0 Å². The highest BCUT2D eigenvalue weighted by molar-refractivity contribution is 6.13. The fourth-order valence-corrected chi connectivity index (χ4v) is 3.82. The summed E-state index contributed by atoms with van der Waals surface area (Å²) in [5.74, 6) is -3.42. The lowest BCUT2D eigenvalue weighted by molar-refractivity contribution is -0.139. The van der Waals surface area contributed by atoms with E-state index in [1.165, 1.54) is 7.05 Å². The lowest BCUT2D eigenvalue weighted by atomic mass is 10.1. The Morgan fingerprint density at radius 1 is 0.707 bits per heavy atom. The van der Waals surface area contributed by atoms with Crippen molar-refractivity contribution in [2.75, 3.05) is 46.4 Å². The Morgan fingerprint density at radius 3 is 1.83 bits per heavy atom. The lowest BCUT2D eigenvalue weighted by Crippen LogP contribution is -2.48. The molecule has 224 valence electrons. The third-order valence-electron chi connectivity index (χ3n) is 6.12. The average Bonchev–Trinajstić information content (AvgIpc) is 3.45. The van der Waals surface area contributed by atoms with Crippen molar-refractivity contribution in [3.63, 3.8) is 0 Å². The maximum Gasteiger partial charge on any atom is 0.253 e. The van der Waals surface area contributed by atoms with E-state index in [1.807, 2.05) is 0 Å². The molecule has 8 amide bonds. The minimum absolute atomic E-state index is 0.0228. The van der Waals surface area contributed by atoms with Gasteiger partial charge in [0, 0.05) is 76.8 Å². The van der Waals surface area contributed by atoms with E-state index < -0.39 is 41.5 Å². The highest BCUT2D eigenvalue weighted by atomic mass is 16.5. The van der Waals surface area contributed by atoms with E-state index in [9.17, 15) is 38.4 Å². The third kappa shape index (κ3) is 11.7. The second-order valence-corrected chi connectivity index (χ2v) is 9.12. The number of unbranched alkanes of at least 4 members (excludes halogenated alkanes) is 1. The molecular formula is C26H36N6O9. The Labute approximate surface area is 237 Å². The number of amides is 8. The molecule has 0 bridgehead atoms. The summed E-state index contributed by atoms with van der Waals surface area (Å²) in [6.45, 7) is 0.630. The number of nitrogens with zero attached hydrogens (tertiary/aromatic N) is 2. The summed E-state index contributed by atoms with van der Waals surface area (Å²) in [5, 5.41) is 10.5. The van der Waals surface area contributed by atoms with Crippen LogP contribution in [0.2, 0.25) is 0 Å². The molecule has 0 saturated heterocycles. The molecule has 1 unspecified atom stereocenters. The Kier molecular flexibility index (Phi) is 13.9. The third-order valence-corrected chi connectivity index (χ3v) is 6.12. The predicted molar refractivity (Wildman–Crippen MR) is 142 cm³/mol. The van der Waals surface area contributed by atoms with Gasteiger partial charge in [0.1, 0.15) is 6.04 Å². The minimum atomic E-state index is -0.910. The number of rotatable bonds is 19. The van der Waals surface area contributed by atoms with Crippen LogP contribution in [0.5, 0.6) is 0 Å². The summed E-state index contributed by atoms with van der Waals surface area (Å²) in [7, 11) is 1.52. The van der Waals surface area contributed by atoms with Gasteiger partial charge in [-0.2, -0.15) is 0 Å². The molecule has 4 N–H and O–H groups in total. The van der Waals surface area contributed by atoms with E-state index in [0.29, 0.717) is 12.8 Å². The maximum atomic E-state index is 12.8. The molecule has 0 fully saturated rings. The largest absolute Gasteiger partial charge is 0.379 e. The molecular weight excluding hydrogens is 540 g/mol. The van der Waals surface area contributed by atoms with Crippen molar-refractivity contribution in [3.05, 3.63) is 24.3 Å². The zero-order chi connectivity index (χ0) is 30.2. The number of hydrogen-bond acceptors (Lipinski definition) is 9. The molecule has 15 nitrogen and oxygen atoms in total. The summed E-state index contributed by atoms with van der Waals surface area (Å²) in [5.41, 5.74) is 0. The number of carbonyl (C=O) groups is 8. The number of nitrogens with one attached hydrogen (secondary N) is 4. The second kappa shape index (κ2) is 17.3. The van der Waals surface area contributed by atoms with Crippen LogP contribution in [-0.4, -0.2) is 110 Å². The van der Waals surface area contributed by atoms with Gasteiger partial charge in [0.2, 0.25) is 23.6 Å². The molecule has 0 spiro atoms. The monoisotopic (exact) mass is 576 g/mol. The lowest BCUT2D eigenvalue weighted by Gasteiger charge is -2.20. The van der Waals surface area contributed by atoms with Gasteiger partial charge in [0.05, 0.1) is 13.2 Å². The van der Waals surface area contributed by atoms with Crippen LogP contribution < -0.4 is 21.3 Å². The Hall–Kier alpha value is -4.40. The number of imide groups is 2. The maximum absolute atomic E-state index is 12.8. The summed E-state index contributed by atoms with van der Waals surface area (Å²) in [6.07, 6.45) is 5.69. The highest BCUT2D eigenvalue weighted by Crippen LogP contribution is 2.07. The van der Waals surface area contributed by atoms with E-state index in [1.54, 1.807) is 0 Å². The number of ether oxygens (including phenoxy) is 1. The number of hydrogen-bond donors (Lipinski definition) is 4. The summed E-state index contributed by atoms with van der Waals surface area (Å²) in [6, 6.07) is -0.910. The standard InChI is InChI=1S/C26H36N6O9/c1-27-19(33)11-16-41-17-13-29-26(40)18(30-21(35)10-15-32-24(38)7-8-25(32)39)4-2-3-12-28-20(34)9-14-31-22(36)5-6-23(31)37/h5-8,18H,2-4,9-17H2,1H3,(H,27,33)(H,28,34)(H,29,40)(H,30,35). The Balaban J connectivity index is 1.74. The summed E-state index contributed by atoms with van der Waals surface area (Å²) < 4.78 is 5.31. The van der Waals surface area contributed by atoms with Crippen LogP contribution in [-0.2, 0) is 43.1 Å². The van der Waals surface area contributed by atoms with Crippen LogP contribution in [0, 0.1) is 0 Å². The van der Waals surface area contributed by atoms with Gasteiger partial charge < -0.3 is 26.0 Å². The van der Waals surface area contributed by atoms with Gasteiger partial charge in [-0.3, -0.25) is 48.2 Å². The smallest absolute Gasteiger partial charge is 0.253 e. The molecule has 41 heavy (non-hydrogen) atoms. The zero-order valence-electron chi connectivity index (χ0n) is 22.9. The molecule has 2 heterocycles. The topological polar surface area (TPSA) is 200 Å². The van der Waals surface area contributed by atoms with Gasteiger partial charge in [-0.1, -0.05) is 0 Å². The van der Waals surface area contributed by atoms with Crippen LogP contribution in [0.1, 0.15) is 38.5 Å². The van der Waals surface area contributed by atoms with Crippen LogP contribution in [0.3, 0.4) is 0 Å². The fraction of sp³-hybridized carbons (Fsp3) is 0.538. The van der Waals surface area contributed by atoms with E-state index in [2.05, 4.69) is 21.3 Å². The SMILES string of the molecule is CNC(=O)CCOCCNC(=O)C(CCCCNC(=O)CCN1C(=O)C=CC1=O)NC(=O)CCN1C(=O)C=CC1=O. The molecule has 0 aromatic rings. The highest BCUT2D eigenvalue weighted by Gasteiger charge is 2.26. The first kappa shape index (κ1) is 32.8. The van der Waals surface area contributed by atoms with Crippen molar-refractivity contribution in [1.82, 2.24) is 31.1 Å². The van der Waals surface area contributed by atoms with Gasteiger partial charge in [-0.25, -0.2) is 0 Å². The van der Waals surface area contributed by atoms with Gasteiger partial charge in [0.25, 0.3) is 23.6 Å². The molecule has 1 atom stereocenters. The summed E-state index contributed by atoms with van der Waals surface area (Å²) >= 11 is 0. The van der Waals surface area contributed by atoms with Crippen LogP contribution in [0.4, 0.5) is 0 Å². The minimum Gasteiger partial charge on any atom is -0.379 e. The fourth-order valence-electron chi connectivity index (χ4n) is 3.82. The van der Waals surface area contributed by atoms with Gasteiger partial charge in [0.15, 0.2) is 0 Å². The van der Waals surface area contributed by atoms with E-state index in [-0.39, 0.29) is 76.9 Å². The normalized spacial score (nSPS) is 15.0. The first-order valence-corrected chi connectivity index (χ1v) is 13.3.